The third-order valence-electron chi connectivity index (χ3n) is 2.54. The van der Waals surface area contributed by atoms with Crippen LogP contribution in [0.3, 0.4) is 0 Å². The summed E-state index contributed by atoms with van der Waals surface area (Å²) in [5.74, 6) is -0.988. The molecule has 0 amide bonds. The zero-order valence-corrected chi connectivity index (χ0v) is 9.45. The Bertz CT molecular complexity index is 566. The number of rotatable bonds is 2. The number of carboxylic acids is 1. The maximum Gasteiger partial charge on any atom is 0.337 e. The molecule has 0 aliphatic carbocycles. The van der Waals surface area contributed by atoms with Crippen molar-refractivity contribution < 1.29 is 9.90 Å². The summed E-state index contributed by atoms with van der Waals surface area (Å²) in [5, 5.41) is 10.7. The van der Waals surface area contributed by atoms with Crippen LogP contribution < -0.4 is 0 Å². The van der Waals surface area contributed by atoms with Gasteiger partial charge in [-0.3, -0.25) is 0 Å². The van der Waals surface area contributed by atoms with E-state index in [1.54, 1.807) is 6.07 Å². The van der Waals surface area contributed by atoms with Crippen LogP contribution in [-0.2, 0) is 6.42 Å². The molecule has 0 bridgehead atoms. The van der Waals surface area contributed by atoms with Crippen LogP contribution in [0.4, 0.5) is 0 Å². The first kappa shape index (κ1) is 10.9. The average Bonchev–Trinajstić information content (AvgIpc) is 2.29. The quantitative estimate of drug-likeness (QED) is 0.814. The zero-order chi connectivity index (χ0) is 11.7. The molecular formula is C12H10ClNO2. The Kier molecular flexibility index (Phi) is 2.79. The molecule has 1 heterocycles. The largest absolute Gasteiger partial charge is 0.478 e. The summed E-state index contributed by atoms with van der Waals surface area (Å²) < 4.78 is 0. The van der Waals surface area contributed by atoms with Gasteiger partial charge in [0.15, 0.2) is 0 Å². The van der Waals surface area contributed by atoms with E-state index in [1.165, 1.54) is 6.20 Å². The van der Waals surface area contributed by atoms with E-state index in [1.807, 2.05) is 19.1 Å². The molecule has 1 N–H and O–H groups in total. The highest BCUT2D eigenvalue weighted by Crippen LogP contribution is 2.25. The van der Waals surface area contributed by atoms with Gasteiger partial charge in [-0.2, -0.15) is 0 Å². The predicted molar refractivity (Wildman–Crippen MR) is 63.1 cm³/mol. The van der Waals surface area contributed by atoms with E-state index in [0.29, 0.717) is 15.9 Å². The normalized spacial score (nSPS) is 10.6. The third-order valence-corrected chi connectivity index (χ3v) is 2.84. The number of aryl methyl sites for hydroxylation is 1. The molecule has 0 spiro atoms. The molecule has 0 radical (unpaired) electrons. The summed E-state index contributed by atoms with van der Waals surface area (Å²) in [6.07, 6.45) is 2.17. The molecule has 1 aromatic carbocycles. The molecule has 3 nitrogen and oxygen atoms in total. The highest BCUT2D eigenvalue weighted by Gasteiger charge is 2.11. The summed E-state index contributed by atoms with van der Waals surface area (Å²) in [6, 6.07) is 5.58. The van der Waals surface area contributed by atoms with Crippen molar-refractivity contribution in [2.75, 3.05) is 0 Å². The smallest absolute Gasteiger partial charge is 0.337 e. The van der Waals surface area contributed by atoms with E-state index in [0.717, 1.165) is 12.0 Å². The van der Waals surface area contributed by atoms with Crippen LogP contribution >= 0.6 is 11.6 Å². The summed E-state index contributed by atoms with van der Waals surface area (Å²) >= 11 is 5.96. The first-order chi connectivity index (χ1) is 7.63. The molecule has 2 rings (SSSR count). The average molecular weight is 236 g/mol. The number of pyridine rings is 1. The molecule has 0 unspecified atom stereocenters. The molecule has 0 fully saturated rings. The number of halogens is 1. The lowest BCUT2D eigenvalue weighted by atomic mass is 10.0. The number of hydrogen-bond donors (Lipinski definition) is 1. The van der Waals surface area contributed by atoms with E-state index in [9.17, 15) is 4.79 Å². The van der Waals surface area contributed by atoms with Crippen molar-refractivity contribution in [3.8, 4) is 0 Å². The minimum absolute atomic E-state index is 0.182. The van der Waals surface area contributed by atoms with Crippen LogP contribution in [0.2, 0.25) is 5.15 Å². The van der Waals surface area contributed by atoms with Gasteiger partial charge in [-0.05, 0) is 18.1 Å². The molecule has 16 heavy (non-hydrogen) atoms. The Hall–Kier alpha value is -1.61. The van der Waals surface area contributed by atoms with Crippen LogP contribution in [0.25, 0.3) is 10.8 Å². The maximum atomic E-state index is 11.0. The van der Waals surface area contributed by atoms with Crippen molar-refractivity contribution in [3.05, 3.63) is 40.7 Å². The maximum absolute atomic E-state index is 11.0. The van der Waals surface area contributed by atoms with Crippen molar-refractivity contribution in [1.82, 2.24) is 4.98 Å². The zero-order valence-electron chi connectivity index (χ0n) is 8.70. The van der Waals surface area contributed by atoms with Gasteiger partial charge < -0.3 is 5.11 Å². The van der Waals surface area contributed by atoms with E-state index >= 15 is 0 Å². The lowest BCUT2D eigenvalue weighted by Crippen LogP contribution is -1.99. The SMILES string of the molecule is CCc1ccc2c(C(=O)O)cnc(Cl)c2c1. The first-order valence-corrected chi connectivity index (χ1v) is 5.31. The molecule has 2 aromatic rings. The number of hydrogen-bond acceptors (Lipinski definition) is 2. The summed E-state index contributed by atoms with van der Waals surface area (Å²) in [4.78, 5) is 14.9. The number of aromatic nitrogens is 1. The minimum Gasteiger partial charge on any atom is -0.478 e. The van der Waals surface area contributed by atoms with Gasteiger partial charge in [0.25, 0.3) is 0 Å². The van der Waals surface area contributed by atoms with Crippen molar-refractivity contribution in [2.24, 2.45) is 0 Å². The predicted octanol–water partition coefficient (Wildman–Crippen LogP) is 3.15. The second kappa shape index (κ2) is 4.10. The fraction of sp³-hybridized carbons (Fsp3) is 0.167. The molecule has 0 atom stereocenters. The topological polar surface area (TPSA) is 50.2 Å². The van der Waals surface area contributed by atoms with Gasteiger partial charge in [-0.1, -0.05) is 30.7 Å². The van der Waals surface area contributed by atoms with E-state index in [2.05, 4.69) is 4.98 Å². The minimum atomic E-state index is -0.988. The third kappa shape index (κ3) is 1.74. The monoisotopic (exact) mass is 235 g/mol. The van der Waals surface area contributed by atoms with Gasteiger partial charge in [-0.15, -0.1) is 0 Å². The number of aromatic carboxylic acids is 1. The van der Waals surface area contributed by atoms with Crippen molar-refractivity contribution >= 4 is 28.3 Å². The molecule has 1 aromatic heterocycles. The number of nitrogens with zero attached hydrogens (tertiary/aromatic N) is 1. The van der Waals surface area contributed by atoms with E-state index in [-0.39, 0.29) is 5.56 Å². The second-order valence-corrected chi connectivity index (χ2v) is 3.86. The molecule has 0 saturated carbocycles. The molecule has 4 heteroatoms. The molecule has 0 aliphatic heterocycles. The summed E-state index contributed by atoms with van der Waals surface area (Å²) in [6.45, 7) is 2.03. The highest BCUT2D eigenvalue weighted by molar-refractivity contribution is 6.34. The number of carboxylic acid groups (broad SMARTS) is 1. The lowest BCUT2D eigenvalue weighted by Gasteiger charge is -2.05. The van der Waals surface area contributed by atoms with Crippen LogP contribution in [0.5, 0.6) is 0 Å². The number of benzene rings is 1. The summed E-state index contributed by atoms with van der Waals surface area (Å²) in [7, 11) is 0. The van der Waals surface area contributed by atoms with Crippen molar-refractivity contribution in [2.45, 2.75) is 13.3 Å². The van der Waals surface area contributed by atoms with Gasteiger partial charge in [0, 0.05) is 17.0 Å². The highest BCUT2D eigenvalue weighted by atomic mass is 35.5. The van der Waals surface area contributed by atoms with Crippen LogP contribution in [0.1, 0.15) is 22.8 Å². The van der Waals surface area contributed by atoms with Gasteiger partial charge in [0.1, 0.15) is 5.15 Å². The first-order valence-electron chi connectivity index (χ1n) is 4.94. The van der Waals surface area contributed by atoms with E-state index in [4.69, 9.17) is 16.7 Å². The standard InChI is InChI=1S/C12H10ClNO2/c1-2-7-3-4-8-9(5-7)11(13)14-6-10(8)12(15)16/h3-6H,2H2,1H3,(H,15,16). The van der Waals surface area contributed by atoms with Gasteiger partial charge >= 0.3 is 5.97 Å². The van der Waals surface area contributed by atoms with Crippen LogP contribution in [0.15, 0.2) is 24.4 Å². The summed E-state index contributed by atoms with van der Waals surface area (Å²) in [5.41, 5.74) is 1.29. The number of fused-ring (bicyclic) bond motifs is 1. The molecule has 0 aliphatic rings. The lowest BCUT2D eigenvalue weighted by molar-refractivity contribution is 0.0698. The van der Waals surface area contributed by atoms with Gasteiger partial charge in [0.2, 0.25) is 0 Å². The second-order valence-electron chi connectivity index (χ2n) is 3.50. The molecular weight excluding hydrogens is 226 g/mol. The van der Waals surface area contributed by atoms with E-state index < -0.39 is 5.97 Å². The van der Waals surface area contributed by atoms with Crippen molar-refractivity contribution in [1.29, 1.82) is 0 Å². The van der Waals surface area contributed by atoms with Gasteiger partial charge in [-0.25, -0.2) is 9.78 Å². The fourth-order valence-electron chi connectivity index (χ4n) is 1.65. The Balaban J connectivity index is 2.80. The molecule has 82 valence electrons. The fourth-order valence-corrected chi connectivity index (χ4v) is 1.85. The Morgan fingerprint density at radius 1 is 1.44 bits per heavy atom. The Labute approximate surface area is 97.7 Å². The number of carbonyl (C=O) groups is 1. The Morgan fingerprint density at radius 2 is 2.19 bits per heavy atom. The Morgan fingerprint density at radius 3 is 2.81 bits per heavy atom. The van der Waals surface area contributed by atoms with Crippen LogP contribution in [0, 0.1) is 0 Å². The van der Waals surface area contributed by atoms with Crippen LogP contribution in [-0.4, -0.2) is 16.1 Å². The van der Waals surface area contributed by atoms with Gasteiger partial charge in [0.05, 0.1) is 5.56 Å². The molecule has 0 saturated heterocycles. The van der Waals surface area contributed by atoms with Crippen molar-refractivity contribution in [3.63, 3.8) is 0 Å².